The van der Waals surface area contributed by atoms with E-state index in [2.05, 4.69) is 10.3 Å². The first kappa shape index (κ1) is 16.0. The van der Waals surface area contributed by atoms with Gasteiger partial charge in [-0.1, -0.05) is 23.5 Å². The van der Waals surface area contributed by atoms with Gasteiger partial charge in [-0.05, 0) is 39.3 Å². The summed E-state index contributed by atoms with van der Waals surface area (Å²) >= 11 is 1.48. The molecule has 1 aromatic carbocycles. The van der Waals surface area contributed by atoms with Crippen LogP contribution in [0.25, 0.3) is 10.2 Å². The number of rotatable bonds is 3. The molecule has 23 heavy (non-hydrogen) atoms. The number of aliphatic hydroxyl groups is 1. The Morgan fingerprint density at radius 2 is 2.22 bits per heavy atom. The van der Waals surface area contributed by atoms with Crippen molar-refractivity contribution in [1.82, 2.24) is 9.88 Å². The van der Waals surface area contributed by atoms with E-state index in [-0.39, 0.29) is 12.1 Å². The maximum atomic E-state index is 12.1. The Balaban J connectivity index is 1.64. The Bertz CT molecular complexity index is 677. The average molecular weight is 335 g/mol. The molecule has 1 fully saturated rings. The molecule has 0 saturated carbocycles. The van der Waals surface area contributed by atoms with E-state index in [0.717, 1.165) is 16.6 Å². The summed E-state index contributed by atoms with van der Waals surface area (Å²) < 4.78 is 6.41. The van der Waals surface area contributed by atoms with Gasteiger partial charge in [-0.15, -0.1) is 0 Å². The van der Waals surface area contributed by atoms with Gasteiger partial charge in [0, 0.05) is 6.54 Å². The number of nitrogens with one attached hydrogen (secondary N) is 1. The lowest BCUT2D eigenvalue weighted by atomic mass is 10.0. The molecule has 0 radical (unpaired) electrons. The van der Waals surface area contributed by atoms with Gasteiger partial charge < -0.3 is 20.1 Å². The summed E-state index contributed by atoms with van der Waals surface area (Å²) in [6.45, 7) is 6.08. The number of aliphatic hydroxyl groups excluding tert-OH is 1. The van der Waals surface area contributed by atoms with Gasteiger partial charge in [0.15, 0.2) is 5.13 Å². The van der Waals surface area contributed by atoms with Crippen molar-refractivity contribution in [3.05, 3.63) is 24.3 Å². The summed E-state index contributed by atoms with van der Waals surface area (Å²) in [5.41, 5.74) is 0.354. The highest BCUT2D eigenvalue weighted by Gasteiger charge is 2.39. The Labute approximate surface area is 139 Å². The molecule has 2 atom stereocenters. The Morgan fingerprint density at radius 3 is 2.83 bits per heavy atom. The molecule has 1 amide bonds. The largest absolute Gasteiger partial charge is 0.444 e. The third-order valence-electron chi connectivity index (χ3n) is 3.62. The zero-order valence-electron chi connectivity index (χ0n) is 13.4. The van der Waals surface area contributed by atoms with Crippen molar-refractivity contribution in [2.75, 3.05) is 11.9 Å². The second-order valence-electron chi connectivity index (χ2n) is 6.61. The Hall–Kier alpha value is -1.86. The topological polar surface area (TPSA) is 74.7 Å². The van der Waals surface area contributed by atoms with Crippen molar-refractivity contribution in [1.29, 1.82) is 0 Å². The summed E-state index contributed by atoms with van der Waals surface area (Å²) in [5, 5.41) is 14.0. The van der Waals surface area contributed by atoms with Crippen molar-refractivity contribution in [3.8, 4) is 0 Å². The number of fused-ring (bicyclic) bond motifs is 1. The van der Waals surface area contributed by atoms with Crippen LogP contribution in [0.4, 0.5) is 9.93 Å². The normalized spacial score (nSPS) is 19.3. The number of para-hydroxylation sites is 1. The third-order valence-corrected chi connectivity index (χ3v) is 4.59. The Kier molecular flexibility index (Phi) is 4.16. The van der Waals surface area contributed by atoms with Crippen LogP contribution in [0.5, 0.6) is 0 Å². The Morgan fingerprint density at radius 1 is 1.48 bits per heavy atom. The minimum Gasteiger partial charge on any atom is -0.444 e. The molecule has 0 aliphatic carbocycles. The van der Waals surface area contributed by atoms with E-state index in [1.165, 1.54) is 11.3 Å². The quantitative estimate of drug-likeness (QED) is 0.843. The first-order valence-electron chi connectivity index (χ1n) is 7.63. The SMILES string of the molecule is CC(C)(C)OC(=O)N1CC[C@H]1C(O)Nc1nc2ccccc2s1. The molecule has 1 unspecified atom stereocenters. The lowest BCUT2D eigenvalue weighted by Crippen LogP contribution is -2.59. The summed E-state index contributed by atoms with van der Waals surface area (Å²) in [6.07, 6.45) is -0.520. The van der Waals surface area contributed by atoms with Gasteiger partial charge in [-0.3, -0.25) is 0 Å². The molecular formula is C16H21N3O3S. The van der Waals surface area contributed by atoms with Crippen LogP contribution in [0, 0.1) is 0 Å². The second kappa shape index (κ2) is 5.98. The first-order valence-corrected chi connectivity index (χ1v) is 8.45. The number of anilines is 1. The van der Waals surface area contributed by atoms with Gasteiger partial charge in [0.1, 0.15) is 11.8 Å². The number of hydrogen-bond donors (Lipinski definition) is 2. The van der Waals surface area contributed by atoms with E-state index in [1.54, 1.807) is 4.90 Å². The van der Waals surface area contributed by atoms with Crippen LogP contribution in [0.3, 0.4) is 0 Å². The summed E-state index contributed by atoms with van der Waals surface area (Å²) in [4.78, 5) is 18.1. The minimum absolute atomic E-state index is 0.295. The van der Waals surface area contributed by atoms with E-state index in [9.17, 15) is 9.90 Å². The smallest absolute Gasteiger partial charge is 0.410 e. The maximum Gasteiger partial charge on any atom is 0.410 e. The molecule has 1 aromatic heterocycles. The van der Waals surface area contributed by atoms with Gasteiger partial charge >= 0.3 is 6.09 Å². The number of likely N-dealkylation sites (tertiary alicyclic amines) is 1. The van der Waals surface area contributed by atoms with E-state index >= 15 is 0 Å². The molecule has 0 spiro atoms. The molecule has 2 N–H and O–H groups in total. The molecule has 124 valence electrons. The van der Waals surface area contributed by atoms with Crippen LogP contribution >= 0.6 is 11.3 Å². The van der Waals surface area contributed by atoms with Crippen LogP contribution in [0.15, 0.2) is 24.3 Å². The zero-order valence-corrected chi connectivity index (χ0v) is 14.3. The van der Waals surface area contributed by atoms with Gasteiger partial charge in [0.25, 0.3) is 0 Å². The van der Waals surface area contributed by atoms with Crippen molar-refractivity contribution < 1.29 is 14.6 Å². The van der Waals surface area contributed by atoms with Crippen molar-refractivity contribution in [3.63, 3.8) is 0 Å². The van der Waals surface area contributed by atoms with Crippen LogP contribution in [-0.2, 0) is 4.74 Å². The molecule has 0 bridgehead atoms. The number of benzene rings is 1. The standard InChI is InChI=1S/C16H21N3O3S/c1-16(2,3)22-15(21)19-9-8-11(19)13(20)18-14-17-10-6-4-5-7-12(10)23-14/h4-7,11,13,20H,8-9H2,1-3H3,(H,17,18)/t11-,13?/m0/s1. The number of carbonyl (C=O) groups is 1. The predicted molar refractivity (Wildman–Crippen MR) is 90.6 cm³/mol. The fourth-order valence-electron chi connectivity index (χ4n) is 2.44. The van der Waals surface area contributed by atoms with Crippen molar-refractivity contribution >= 4 is 32.8 Å². The van der Waals surface area contributed by atoms with Gasteiger partial charge in [-0.2, -0.15) is 0 Å². The highest BCUT2D eigenvalue weighted by atomic mass is 32.1. The predicted octanol–water partition coefficient (Wildman–Crippen LogP) is 3.04. The summed E-state index contributed by atoms with van der Waals surface area (Å²) in [5.74, 6) is 0. The summed E-state index contributed by atoms with van der Waals surface area (Å²) in [6, 6.07) is 7.51. The van der Waals surface area contributed by atoms with E-state index in [4.69, 9.17) is 4.74 Å². The van der Waals surface area contributed by atoms with Crippen LogP contribution in [0.1, 0.15) is 27.2 Å². The van der Waals surface area contributed by atoms with Gasteiger partial charge in [0.2, 0.25) is 0 Å². The van der Waals surface area contributed by atoms with Crippen molar-refractivity contribution in [2.24, 2.45) is 0 Å². The molecule has 6 nitrogen and oxygen atoms in total. The monoisotopic (exact) mass is 335 g/mol. The van der Waals surface area contributed by atoms with Gasteiger partial charge in [0.05, 0.1) is 16.3 Å². The average Bonchev–Trinajstić information content (AvgIpc) is 2.76. The number of amides is 1. The second-order valence-corrected chi connectivity index (χ2v) is 7.64. The molecule has 1 aliphatic rings. The number of carbonyl (C=O) groups excluding carboxylic acids is 1. The molecule has 2 heterocycles. The first-order chi connectivity index (χ1) is 10.8. The fourth-order valence-corrected chi connectivity index (χ4v) is 3.34. The fraction of sp³-hybridized carbons (Fsp3) is 0.500. The highest BCUT2D eigenvalue weighted by molar-refractivity contribution is 7.22. The van der Waals surface area contributed by atoms with Crippen molar-refractivity contribution in [2.45, 2.75) is 45.1 Å². The van der Waals surface area contributed by atoms with Crippen LogP contribution < -0.4 is 5.32 Å². The number of ether oxygens (including phenoxy) is 1. The molecule has 2 aromatic rings. The third kappa shape index (κ3) is 3.56. The van der Waals surface area contributed by atoms with E-state index in [0.29, 0.717) is 11.7 Å². The summed E-state index contributed by atoms with van der Waals surface area (Å²) in [7, 11) is 0. The van der Waals surface area contributed by atoms with Gasteiger partial charge in [-0.25, -0.2) is 9.78 Å². The number of aromatic nitrogens is 1. The number of hydrogen-bond acceptors (Lipinski definition) is 6. The molecule has 7 heteroatoms. The molecule has 1 aliphatic heterocycles. The zero-order chi connectivity index (χ0) is 16.6. The number of thiazole rings is 1. The molecular weight excluding hydrogens is 314 g/mol. The molecule has 3 rings (SSSR count). The lowest BCUT2D eigenvalue weighted by Gasteiger charge is -2.43. The van der Waals surface area contributed by atoms with Crippen LogP contribution in [0.2, 0.25) is 0 Å². The minimum atomic E-state index is -0.864. The molecule has 1 saturated heterocycles. The number of nitrogens with zero attached hydrogens (tertiary/aromatic N) is 2. The van der Waals surface area contributed by atoms with Crippen LogP contribution in [-0.4, -0.2) is 45.5 Å². The highest BCUT2D eigenvalue weighted by Crippen LogP contribution is 2.29. The van der Waals surface area contributed by atoms with E-state index in [1.807, 2.05) is 45.0 Å². The lowest BCUT2D eigenvalue weighted by molar-refractivity contribution is -0.0334. The maximum absolute atomic E-state index is 12.1. The van der Waals surface area contributed by atoms with E-state index < -0.39 is 11.8 Å².